The number of carbonyl (C=O) groups is 2. The van der Waals surface area contributed by atoms with Crippen LogP contribution in [0.3, 0.4) is 0 Å². The van der Waals surface area contributed by atoms with E-state index in [1.807, 2.05) is 0 Å². The Balaban J connectivity index is 1.70. The van der Waals surface area contributed by atoms with Crippen LogP contribution in [0.2, 0.25) is 0 Å². The van der Waals surface area contributed by atoms with Crippen LogP contribution in [-0.2, 0) is 14.3 Å². The van der Waals surface area contributed by atoms with E-state index in [1.165, 1.54) is 25.7 Å². The molecular weight excluding hydrogens is 280 g/mol. The second-order valence-electron chi connectivity index (χ2n) is 7.09. The van der Waals surface area contributed by atoms with Crippen LogP contribution in [0.5, 0.6) is 0 Å². The first-order valence-electron chi connectivity index (χ1n) is 8.85. The Morgan fingerprint density at radius 1 is 0.955 bits per heavy atom. The predicted molar refractivity (Wildman–Crippen MR) is 82.3 cm³/mol. The Bertz CT molecular complexity index is 467. The van der Waals surface area contributed by atoms with Crippen LogP contribution in [0.15, 0.2) is 11.3 Å². The SMILES string of the molecule is O=C1OC(CC2CCCCC2)C(=O)C1=C(O)C1CCCCC1. The number of esters is 1. The lowest BCUT2D eigenvalue weighted by Gasteiger charge is -2.23. The zero-order valence-corrected chi connectivity index (χ0v) is 13.2. The smallest absolute Gasteiger partial charge is 0.346 e. The van der Waals surface area contributed by atoms with Gasteiger partial charge >= 0.3 is 5.97 Å². The zero-order valence-electron chi connectivity index (χ0n) is 13.2. The van der Waals surface area contributed by atoms with E-state index in [-0.39, 0.29) is 23.0 Å². The first kappa shape index (κ1) is 15.6. The molecule has 1 saturated heterocycles. The number of ketones is 1. The maximum atomic E-state index is 12.5. The van der Waals surface area contributed by atoms with Crippen molar-refractivity contribution in [2.24, 2.45) is 11.8 Å². The summed E-state index contributed by atoms with van der Waals surface area (Å²) < 4.78 is 5.29. The second kappa shape index (κ2) is 6.84. The molecule has 3 aliphatic rings. The number of hydrogen-bond acceptors (Lipinski definition) is 4. The van der Waals surface area contributed by atoms with Gasteiger partial charge in [0.25, 0.3) is 0 Å². The van der Waals surface area contributed by atoms with Gasteiger partial charge in [-0.1, -0.05) is 51.4 Å². The van der Waals surface area contributed by atoms with Crippen LogP contribution in [0.1, 0.15) is 70.6 Å². The fraction of sp³-hybridized carbons (Fsp3) is 0.778. The third-order valence-electron chi connectivity index (χ3n) is 5.51. The van der Waals surface area contributed by atoms with Crippen LogP contribution >= 0.6 is 0 Å². The molecule has 0 radical (unpaired) electrons. The van der Waals surface area contributed by atoms with Crippen LogP contribution in [0, 0.1) is 11.8 Å². The summed E-state index contributed by atoms with van der Waals surface area (Å²) >= 11 is 0. The van der Waals surface area contributed by atoms with Crippen molar-refractivity contribution >= 4 is 11.8 Å². The molecule has 3 fully saturated rings. The standard InChI is InChI=1S/C18H26O4/c19-16(13-9-5-2-6-10-13)15-17(20)14(22-18(15)21)11-12-7-3-1-4-8-12/h12-14,19H,1-11H2. The summed E-state index contributed by atoms with van der Waals surface area (Å²) in [6.07, 6.45) is 10.9. The number of aliphatic hydroxyl groups is 1. The van der Waals surface area contributed by atoms with Gasteiger partial charge in [-0.3, -0.25) is 4.79 Å². The number of carbonyl (C=O) groups excluding carboxylic acids is 2. The van der Waals surface area contributed by atoms with Crippen LogP contribution in [0.25, 0.3) is 0 Å². The molecule has 2 aliphatic carbocycles. The molecule has 1 N–H and O–H groups in total. The third kappa shape index (κ3) is 3.21. The van der Waals surface area contributed by atoms with Gasteiger partial charge in [-0.05, 0) is 25.2 Å². The maximum absolute atomic E-state index is 12.5. The largest absolute Gasteiger partial charge is 0.511 e. The molecule has 2 saturated carbocycles. The van der Waals surface area contributed by atoms with E-state index in [9.17, 15) is 14.7 Å². The fourth-order valence-corrected chi connectivity index (χ4v) is 4.19. The van der Waals surface area contributed by atoms with E-state index in [0.29, 0.717) is 12.3 Å². The molecule has 1 atom stereocenters. The van der Waals surface area contributed by atoms with Crippen molar-refractivity contribution in [3.05, 3.63) is 11.3 Å². The van der Waals surface area contributed by atoms with Gasteiger partial charge in [0.1, 0.15) is 11.3 Å². The molecule has 4 nitrogen and oxygen atoms in total. The van der Waals surface area contributed by atoms with Crippen molar-refractivity contribution in [3.63, 3.8) is 0 Å². The molecule has 3 rings (SSSR count). The number of Topliss-reactive ketones (excluding diaryl/α,β-unsaturated/α-hetero) is 1. The third-order valence-corrected chi connectivity index (χ3v) is 5.51. The number of aliphatic hydroxyl groups excluding tert-OH is 1. The lowest BCUT2D eigenvalue weighted by atomic mass is 9.83. The first-order chi connectivity index (χ1) is 10.7. The Hall–Kier alpha value is -1.32. The van der Waals surface area contributed by atoms with Crippen molar-refractivity contribution in [1.29, 1.82) is 0 Å². The molecule has 4 heteroatoms. The van der Waals surface area contributed by atoms with Crippen LogP contribution in [-0.4, -0.2) is 23.0 Å². The average molecular weight is 306 g/mol. The monoisotopic (exact) mass is 306 g/mol. The van der Waals surface area contributed by atoms with Crippen molar-refractivity contribution in [3.8, 4) is 0 Å². The summed E-state index contributed by atoms with van der Waals surface area (Å²) in [7, 11) is 0. The highest BCUT2D eigenvalue weighted by atomic mass is 16.6. The minimum Gasteiger partial charge on any atom is -0.511 e. The minimum atomic E-state index is -0.656. The molecule has 22 heavy (non-hydrogen) atoms. The average Bonchev–Trinajstić information content (AvgIpc) is 2.82. The first-order valence-corrected chi connectivity index (χ1v) is 8.85. The van der Waals surface area contributed by atoms with Crippen molar-refractivity contribution in [1.82, 2.24) is 0 Å². The van der Waals surface area contributed by atoms with Gasteiger partial charge in [-0.15, -0.1) is 0 Å². The van der Waals surface area contributed by atoms with Crippen molar-refractivity contribution < 1.29 is 19.4 Å². The van der Waals surface area contributed by atoms with Gasteiger partial charge in [0.2, 0.25) is 5.78 Å². The molecule has 0 aromatic heterocycles. The van der Waals surface area contributed by atoms with E-state index in [0.717, 1.165) is 38.5 Å². The van der Waals surface area contributed by atoms with Crippen LogP contribution < -0.4 is 0 Å². The molecule has 0 spiro atoms. The number of hydrogen-bond donors (Lipinski definition) is 1. The van der Waals surface area contributed by atoms with Gasteiger partial charge in [-0.25, -0.2) is 4.79 Å². The minimum absolute atomic E-state index is 0.000782. The highest BCUT2D eigenvalue weighted by molar-refractivity contribution is 6.23. The molecule has 0 bridgehead atoms. The Morgan fingerprint density at radius 2 is 1.55 bits per heavy atom. The number of cyclic esters (lactones) is 1. The molecule has 122 valence electrons. The Labute approximate surface area is 131 Å². The number of allylic oxidation sites excluding steroid dienone is 1. The molecule has 0 aromatic rings. The van der Waals surface area contributed by atoms with E-state index in [2.05, 4.69) is 0 Å². The Kier molecular flexibility index (Phi) is 4.84. The summed E-state index contributed by atoms with van der Waals surface area (Å²) in [4.78, 5) is 24.6. The second-order valence-corrected chi connectivity index (χ2v) is 7.09. The number of ether oxygens (including phenoxy) is 1. The predicted octanol–water partition coefficient (Wildman–Crippen LogP) is 3.84. The fourth-order valence-electron chi connectivity index (χ4n) is 4.19. The van der Waals surface area contributed by atoms with Gasteiger partial charge in [0.15, 0.2) is 6.10 Å². The topological polar surface area (TPSA) is 63.6 Å². The summed E-state index contributed by atoms with van der Waals surface area (Å²) in [5.41, 5.74) is -0.0484. The van der Waals surface area contributed by atoms with Gasteiger partial charge in [0, 0.05) is 5.92 Å². The summed E-state index contributed by atoms with van der Waals surface area (Å²) in [5, 5.41) is 10.4. The highest BCUT2D eigenvalue weighted by Crippen LogP contribution is 2.35. The van der Waals surface area contributed by atoms with E-state index in [4.69, 9.17) is 4.74 Å². The summed E-state index contributed by atoms with van der Waals surface area (Å²) in [6.45, 7) is 0. The normalized spacial score (nSPS) is 30.5. The molecule has 1 aliphatic heterocycles. The highest BCUT2D eigenvalue weighted by Gasteiger charge is 2.43. The molecule has 1 heterocycles. The van der Waals surface area contributed by atoms with E-state index >= 15 is 0 Å². The van der Waals surface area contributed by atoms with E-state index < -0.39 is 12.1 Å². The molecular formula is C18H26O4. The van der Waals surface area contributed by atoms with Gasteiger partial charge < -0.3 is 9.84 Å². The van der Waals surface area contributed by atoms with Crippen LogP contribution in [0.4, 0.5) is 0 Å². The van der Waals surface area contributed by atoms with Crippen molar-refractivity contribution in [2.75, 3.05) is 0 Å². The van der Waals surface area contributed by atoms with Gasteiger partial charge in [0.05, 0.1) is 0 Å². The summed E-state index contributed by atoms with van der Waals surface area (Å²) in [5.74, 6) is -0.436. The maximum Gasteiger partial charge on any atom is 0.346 e. The van der Waals surface area contributed by atoms with Crippen molar-refractivity contribution in [2.45, 2.75) is 76.7 Å². The van der Waals surface area contributed by atoms with E-state index in [1.54, 1.807) is 0 Å². The van der Waals surface area contributed by atoms with Gasteiger partial charge in [-0.2, -0.15) is 0 Å². The lowest BCUT2D eigenvalue weighted by Crippen LogP contribution is -2.23. The summed E-state index contributed by atoms with van der Waals surface area (Å²) in [6, 6.07) is 0. The Morgan fingerprint density at radius 3 is 2.18 bits per heavy atom. The molecule has 0 aromatic carbocycles. The lowest BCUT2D eigenvalue weighted by molar-refractivity contribution is -0.141. The molecule has 0 amide bonds. The quantitative estimate of drug-likeness (QED) is 0.372. The zero-order chi connectivity index (χ0) is 15.5. The molecule has 1 unspecified atom stereocenters. The number of rotatable bonds is 3.